The minimum atomic E-state index is -0.412. The number of likely N-dealkylation sites (tertiary alicyclic amines) is 1. The van der Waals surface area contributed by atoms with Gasteiger partial charge in [0.15, 0.2) is 0 Å². The van der Waals surface area contributed by atoms with Crippen molar-refractivity contribution >= 4 is 5.97 Å². The Morgan fingerprint density at radius 1 is 1.32 bits per heavy atom. The van der Waals surface area contributed by atoms with Crippen molar-refractivity contribution in [2.24, 2.45) is 0 Å². The van der Waals surface area contributed by atoms with Gasteiger partial charge in [-0.3, -0.25) is 4.90 Å². The lowest BCUT2D eigenvalue weighted by Gasteiger charge is -2.33. The molecular weight excluding hydrogens is 245 g/mol. The van der Waals surface area contributed by atoms with Gasteiger partial charge in [-0.25, -0.2) is 9.18 Å². The summed E-state index contributed by atoms with van der Waals surface area (Å²) in [7, 11) is 1.40. The molecule has 0 bridgehead atoms. The zero-order valence-electron chi connectivity index (χ0n) is 11.5. The highest BCUT2D eigenvalue weighted by Crippen LogP contribution is 2.27. The number of rotatable bonds is 3. The number of ether oxygens (including phenoxy) is 1. The number of halogens is 1. The van der Waals surface area contributed by atoms with E-state index < -0.39 is 6.04 Å². The third kappa shape index (κ3) is 3.13. The molecule has 0 aliphatic carbocycles. The average molecular weight is 265 g/mol. The van der Waals surface area contributed by atoms with Gasteiger partial charge in [0, 0.05) is 0 Å². The molecule has 1 unspecified atom stereocenters. The van der Waals surface area contributed by atoms with Crippen molar-refractivity contribution in [3.8, 4) is 0 Å². The average Bonchev–Trinajstić information content (AvgIpc) is 2.44. The second-order valence-corrected chi connectivity index (χ2v) is 5.03. The van der Waals surface area contributed by atoms with Crippen molar-refractivity contribution in [2.75, 3.05) is 20.2 Å². The Morgan fingerprint density at radius 3 is 2.58 bits per heavy atom. The van der Waals surface area contributed by atoms with Gasteiger partial charge in [0.1, 0.15) is 11.9 Å². The first-order valence-corrected chi connectivity index (χ1v) is 6.71. The van der Waals surface area contributed by atoms with Gasteiger partial charge in [0.25, 0.3) is 0 Å². The molecule has 0 radical (unpaired) electrons. The number of carbonyl (C=O) groups excluding carboxylic acids is 1. The molecule has 1 heterocycles. The number of methoxy groups -OCH3 is 1. The summed E-state index contributed by atoms with van der Waals surface area (Å²) in [5.74, 6) is -0.515. The van der Waals surface area contributed by atoms with Crippen LogP contribution in [0.1, 0.15) is 36.4 Å². The summed E-state index contributed by atoms with van der Waals surface area (Å²) in [5.41, 5.74) is 1.37. The lowest BCUT2D eigenvalue weighted by molar-refractivity contribution is -0.147. The Labute approximate surface area is 113 Å². The number of hydrogen-bond acceptors (Lipinski definition) is 3. The molecule has 19 heavy (non-hydrogen) atoms. The molecule has 3 nitrogen and oxygen atoms in total. The van der Waals surface area contributed by atoms with Crippen molar-refractivity contribution in [1.82, 2.24) is 4.90 Å². The topological polar surface area (TPSA) is 29.5 Å². The molecule has 1 aliphatic heterocycles. The zero-order valence-corrected chi connectivity index (χ0v) is 11.5. The Morgan fingerprint density at radius 2 is 2.00 bits per heavy atom. The number of hydrogen-bond donors (Lipinski definition) is 0. The molecular formula is C15H20FNO2. The number of benzene rings is 1. The smallest absolute Gasteiger partial charge is 0.327 e. The number of carbonyl (C=O) groups is 1. The first kappa shape index (κ1) is 14.0. The Bertz CT molecular complexity index is 455. The van der Waals surface area contributed by atoms with E-state index in [1.165, 1.54) is 19.6 Å². The van der Waals surface area contributed by atoms with E-state index in [9.17, 15) is 9.18 Å². The van der Waals surface area contributed by atoms with Crippen LogP contribution in [0.4, 0.5) is 4.39 Å². The molecule has 1 saturated heterocycles. The van der Waals surface area contributed by atoms with Gasteiger partial charge in [-0.05, 0) is 50.0 Å². The second-order valence-electron chi connectivity index (χ2n) is 5.03. The molecule has 1 aliphatic rings. The first-order valence-electron chi connectivity index (χ1n) is 6.71. The van der Waals surface area contributed by atoms with Crippen molar-refractivity contribution in [1.29, 1.82) is 0 Å². The SMILES string of the molecule is COC(=O)C(c1ccc(F)c(C)c1)N1CCCCC1. The summed E-state index contributed by atoms with van der Waals surface area (Å²) in [4.78, 5) is 14.2. The summed E-state index contributed by atoms with van der Waals surface area (Å²) < 4.78 is 18.3. The van der Waals surface area contributed by atoms with Gasteiger partial charge < -0.3 is 4.74 Å². The first-order chi connectivity index (χ1) is 9.13. The molecule has 0 N–H and O–H groups in total. The van der Waals surface area contributed by atoms with E-state index in [1.54, 1.807) is 19.1 Å². The molecule has 1 atom stereocenters. The van der Waals surface area contributed by atoms with E-state index in [4.69, 9.17) is 4.74 Å². The van der Waals surface area contributed by atoms with Gasteiger partial charge in [-0.15, -0.1) is 0 Å². The Balaban J connectivity index is 2.30. The highest BCUT2D eigenvalue weighted by atomic mass is 19.1. The fourth-order valence-corrected chi connectivity index (χ4v) is 2.62. The molecule has 2 rings (SSSR count). The van der Waals surface area contributed by atoms with Crippen molar-refractivity contribution in [3.63, 3.8) is 0 Å². The van der Waals surface area contributed by atoms with E-state index in [-0.39, 0.29) is 11.8 Å². The standard InChI is InChI=1S/C15H20FNO2/c1-11-10-12(6-7-13(11)16)14(15(18)19-2)17-8-4-3-5-9-17/h6-7,10,14H,3-5,8-9H2,1-2H3. The molecule has 4 heteroatoms. The van der Waals surface area contributed by atoms with E-state index in [0.29, 0.717) is 5.56 Å². The molecule has 1 aromatic carbocycles. The van der Waals surface area contributed by atoms with Crippen LogP contribution in [-0.4, -0.2) is 31.1 Å². The molecule has 0 aromatic heterocycles. The number of esters is 1. The lowest BCUT2D eigenvalue weighted by Crippen LogP contribution is -2.38. The zero-order chi connectivity index (χ0) is 13.8. The van der Waals surface area contributed by atoms with Gasteiger partial charge in [-0.2, -0.15) is 0 Å². The van der Waals surface area contributed by atoms with Crippen molar-refractivity contribution in [3.05, 3.63) is 35.1 Å². The summed E-state index contributed by atoms with van der Waals surface area (Å²) in [6, 6.07) is 4.43. The minimum Gasteiger partial charge on any atom is -0.468 e. The van der Waals surface area contributed by atoms with Crippen LogP contribution in [-0.2, 0) is 9.53 Å². The number of piperidine rings is 1. The van der Waals surface area contributed by atoms with Crippen molar-refractivity contribution in [2.45, 2.75) is 32.2 Å². The van der Waals surface area contributed by atoms with Crippen LogP contribution >= 0.6 is 0 Å². The van der Waals surface area contributed by atoms with Gasteiger partial charge in [-0.1, -0.05) is 18.6 Å². The quantitative estimate of drug-likeness (QED) is 0.787. The fourth-order valence-electron chi connectivity index (χ4n) is 2.62. The molecule has 104 valence electrons. The van der Waals surface area contributed by atoms with Crippen LogP contribution in [0.2, 0.25) is 0 Å². The van der Waals surface area contributed by atoms with E-state index in [2.05, 4.69) is 4.90 Å². The summed E-state index contributed by atoms with van der Waals surface area (Å²) in [5, 5.41) is 0. The second kappa shape index (κ2) is 6.15. The number of nitrogens with zero attached hydrogens (tertiary/aromatic N) is 1. The predicted octanol–water partition coefficient (Wildman–Crippen LogP) is 2.83. The maximum absolute atomic E-state index is 13.4. The van der Waals surface area contributed by atoms with Crippen LogP contribution in [0.15, 0.2) is 18.2 Å². The van der Waals surface area contributed by atoms with E-state index in [1.807, 2.05) is 0 Å². The molecule has 1 aromatic rings. The normalized spacial score (nSPS) is 18.1. The van der Waals surface area contributed by atoms with Crippen LogP contribution in [0, 0.1) is 12.7 Å². The highest BCUT2D eigenvalue weighted by Gasteiger charge is 2.29. The molecule has 0 amide bonds. The molecule has 1 fully saturated rings. The molecule has 0 saturated carbocycles. The van der Waals surface area contributed by atoms with Crippen LogP contribution in [0.25, 0.3) is 0 Å². The van der Waals surface area contributed by atoms with Gasteiger partial charge in [0.05, 0.1) is 7.11 Å². The summed E-state index contributed by atoms with van der Waals surface area (Å²) in [6.45, 7) is 3.48. The maximum Gasteiger partial charge on any atom is 0.327 e. The van der Waals surface area contributed by atoms with E-state index in [0.717, 1.165) is 31.5 Å². The van der Waals surface area contributed by atoms with Gasteiger partial charge in [0.2, 0.25) is 0 Å². The summed E-state index contributed by atoms with van der Waals surface area (Å²) >= 11 is 0. The number of aryl methyl sites for hydroxylation is 1. The highest BCUT2D eigenvalue weighted by molar-refractivity contribution is 5.77. The minimum absolute atomic E-state index is 0.244. The Hall–Kier alpha value is -1.42. The third-order valence-electron chi connectivity index (χ3n) is 3.68. The maximum atomic E-state index is 13.4. The monoisotopic (exact) mass is 265 g/mol. The Kier molecular flexibility index (Phi) is 4.53. The van der Waals surface area contributed by atoms with Crippen LogP contribution < -0.4 is 0 Å². The third-order valence-corrected chi connectivity index (χ3v) is 3.68. The predicted molar refractivity (Wildman–Crippen MR) is 71.3 cm³/mol. The van der Waals surface area contributed by atoms with E-state index >= 15 is 0 Å². The largest absolute Gasteiger partial charge is 0.468 e. The van der Waals surface area contributed by atoms with Crippen LogP contribution in [0.5, 0.6) is 0 Å². The summed E-state index contributed by atoms with van der Waals surface area (Å²) in [6.07, 6.45) is 3.38. The van der Waals surface area contributed by atoms with Gasteiger partial charge >= 0.3 is 5.97 Å². The molecule has 0 spiro atoms. The fraction of sp³-hybridized carbons (Fsp3) is 0.533. The lowest BCUT2D eigenvalue weighted by atomic mass is 10.00. The van der Waals surface area contributed by atoms with Crippen LogP contribution in [0.3, 0.4) is 0 Å². The van der Waals surface area contributed by atoms with Crippen molar-refractivity contribution < 1.29 is 13.9 Å².